The van der Waals surface area contributed by atoms with E-state index in [-0.39, 0.29) is 16.9 Å². The lowest BCUT2D eigenvalue weighted by atomic mass is 10.0. The Morgan fingerprint density at radius 3 is 2.69 bits per heavy atom. The number of hydrogen-bond acceptors (Lipinski definition) is 5. The summed E-state index contributed by atoms with van der Waals surface area (Å²) in [5.74, 6) is 0.567. The maximum Gasteiger partial charge on any atom is 0.322 e. The van der Waals surface area contributed by atoms with E-state index in [0.717, 1.165) is 22.6 Å². The summed E-state index contributed by atoms with van der Waals surface area (Å²) in [4.78, 5) is 26.4. The molecule has 0 bridgehead atoms. The largest absolute Gasteiger partial charge is 0.378 e. The number of nitrogens with zero attached hydrogens (tertiary/aromatic N) is 4. The minimum absolute atomic E-state index is 0.0550. The van der Waals surface area contributed by atoms with Crippen molar-refractivity contribution in [2.45, 2.75) is 19.4 Å². The number of urea groups is 1. The summed E-state index contributed by atoms with van der Waals surface area (Å²) < 4.78 is 32.7. The maximum absolute atomic E-state index is 13.7. The molecule has 2 aromatic carbocycles. The predicted octanol–water partition coefficient (Wildman–Crippen LogP) is 4.43. The summed E-state index contributed by atoms with van der Waals surface area (Å²) in [6, 6.07) is 10.2. The number of carbonyl (C=O) groups excluding carboxylic acids is 1. The molecule has 2 aliphatic heterocycles. The van der Waals surface area contributed by atoms with Gasteiger partial charge in [0.15, 0.2) is 0 Å². The first kappa shape index (κ1) is 23.4. The summed E-state index contributed by atoms with van der Waals surface area (Å²) in [6.07, 6.45) is 0.973. The molecule has 0 radical (unpaired) electrons. The molecule has 0 saturated carbocycles. The van der Waals surface area contributed by atoms with Gasteiger partial charge in [0.1, 0.15) is 23.3 Å². The molecule has 1 N–H and O–H groups in total. The van der Waals surface area contributed by atoms with Crippen LogP contribution in [-0.2, 0) is 24.1 Å². The van der Waals surface area contributed by atoms with Crippen LogP contribution in [0.5, 0.6) is 0 Å². The number of anilines is 2. The fourth-order valence-corrected chi connectivity index (χ4v) is 4.52. The van der Waals surface area contributed by atoms with Crippen LogP contribution in [0.25, 0.3) is 0 Å². The van der Waals surface area contributed by atoms with Crippen molar-refractivity contribution in [2.24, 2.45) is 0 Å². The number of ether oxygens (including phenoxy) is 1. The van der Waals surface area contributed by atoms with Crippen molar-refractivity contribution >= 4 is 29.1 Å². The highest BCUT2D eigenvalue weighted by molar-refractivity contribution is 6.31. The number of fused-ring (bicyclic) bond motifs is 1. The van der Waals surface area contributed by atoms with Crippen LogP contribution in [0, 0.1) is 11.6 Å². The summed E-state index contributed by atoms with van der Waals surface area (Å²) in [6.45, 7) is 3.35. The van der Waals surface area contributed by atoms with Gasteiger partial charge in [0, 0.05) is 43.7 Å². The number of amides is 2. The molecule has 2 amide bonds. The van der Waals surface area contributed by atoms with Crippen LogP contribution < -0.4 is 10.2 Å². The van der Waals surface area contributed by atoms with Gasteiger partial charge in [-0.05, 0) is 35.9 Å². The van der Waals surface area contributed by atoms with Crippen LogP contribution >= 0.6 is 11.6 Å². The fraction of sp³-hybridized carbons (Fsp3) is 0.320. The average molecular weight is 500 g/mol. The third-order valence-electron chi connectivity index (χ3n) is 6.10. The third kappa shape index (κ3) is 5.36. The topological polar surface area (TPSA) is 70.6 Å². The van der Waals surface area contributed by atoms with Crippen molar-refractivity contribution in [2.75, 3.05) is 43.1 Å². The molecule has 1 fully saturated rings. The van der Waals surface area contributed by atoms with Crippen LogP contribution in [0.2, 0.25) is 5.02 Å². The first-order chi connectivity index (χ1) is 17.0. The minimum Gasteiger partial charge on any atom is -0.378 e. The molecular formula is C25H24ClF2N5O2. The highest BCUT2D eigenvalue weighted by atomic mass is 35.5. The summed E-state index contributed by atoms with van der Waals surface area (Å²) in [7, 11) is 0. The van der Waals surface area contributed by atoms with E-state index in [9.17, 15) is 13.6 Å². The molecule has 1 saturated heterocycles. The quantitative estimate of drug-likeness (QED) is 0.575. The van der Waals surface area contributed by atoms with E-state index in [4.69, 9.17) is 26.3 Å². The second-order valence-corrected chi connectivity index (χ2v) is 8.93. The molecule has 0 spiro atoms. The Labute approximate surface area is 206 Å². The van der Waals surface area contributed by atoms with Gasteiger partial charge in [-0.3, -0.25) is 0 Å². The van der Waals surface area contributed by atoms with E-state index >= 15 is 0 Å². The Hall–Kier alpha value is -3.30. The van der Waals surface area contributed by atoms with Crippen molar-refractivity contribution in [1.82, 2.24) is 14.9 Å². The van der Waals surface area contributed by atoms with Crippen molar-refractivity contribution < 1.29 is 18.3 Å². The van der Waals surface area contributed by atoms with Crippen LogP contribution in [0.1, 0.15) is 22.6 Å². The lowest BCUT2D eigenvalue weighted by Crippen LogP contribution is -2.42. The van der Waals surface area contributed by atoms with E-state index < -0.39 is 5.82 Å². The van der Waals surface area contributed by atoms with Crippen molar-refractivity contribution in [3.63, 3.8) is 0 Å². The van der Waals surface area contributed by atoms with Gasteiger partial charge in [-0.1, -0.05) is 23.7 Å². The third-order valence-corrected chi connectivity index (χ3v) is 6.39. The zero-order valence-corrected chi connectivity index (χ0v) is 19.7. The lowest BCUT2D eigenvalue weighted by Gasteiger charge is -2.34. The number of hydrogen-bond donors (Lipinski definition) is 1. The van der Waals surface area contributed by atoms with Gasteiger partial charge in [0.05, 0.1) is 30.5 Å². The standard InChI is InChI=1S/C25H24ClF2N5O2/c26-20-14-18(4-5-21(20)28)29-25(34)33-7-6-22-19(15-33)24(32-8-10-35-11-9-32)31-23(30-22)13-16-2-1-3-17(27)12-16/h1-5,12,14H,6-11,13,15H2,(H,29,34). The maximum atomic E-state index is 13.7. The lowest BCUT2D eigenvalue weighted by molar-refractivity contribution is 0.122. The van der Waals surface area contributed by atoms with Gasteiger partial charge in [0.25, 0.3) is 0 Å². The summed E-state index contributed by atoms with van der Waals surface area (Å²) in [5.41, 5.74) is 3.00. The van der Waals surface area contributed by atoms with E-state index in [1.807, 2.05) is 6.07 Å². The average Bonchev–Trinajstić information content (AvgIpc) is 2.86. The Morgan fingerprint density at radius 2 is 1.91 bits per heavy atom. The number of nitrogens with one attached hydrogen (secondary N) is 1. The number of morpholine rings is 1. The number of rotatable bonds is 4. The summed E-state index contributed by atoms with van der Waals surface area (Å²) >= 11 is 5.85. The number of halogens is 3. The van der Waals surface area contributed by atoms with Gasteiger partial charge >= 0.3 is 6.03 Å². The second-order valence-electron chi connectivity index (χ2n) is 8.53. The van der Waals surface area contributed by atoms with Crippen LogP contribution in [0.4, 0.5) is 25.1 Å². The first-order valence-corrected chi connectivity index (χ1v) is 11.8. The van der Waals surface area contributed by atoms with E-state index in [1.165, 1.54) is 30.3 Å². The molecule has 5 rings (SSSR count). The number of carbonyl (C=O) groups is 1. The number of benzene rings is 2. The van der Waals surface area contributed by atoms with Crippen LogP contribution in [0.3, 0.4) is 0 Å². The van der Waals surface area contributed by atoms with Gasteiger partial charge in [-0.15, -0.1) is 0 Å². The highest BCUT2D eigenvalue weighted by Crippen LogP contribution is 2.29. The molecule has 3 aromatic rings. The van der Waals surface area contributed by atoms with Crippen LogP contribution in [0.15, 0.2) is 42.5 Å². The Bertz CT molecular complexity index is 1250. The minimum atomic E-state index is -0.544. The molecule has 3 heterocycles. The molecule has 0 aliphatic carbocycles. The number of aromatic nitrogens is 2. The van der Waals surface area contributed by atoms with Crippen LogP contribution in [-0.4, -0.2) is 53.7 Å². The van der Waals surface area contributed by atoms with Crippen molar-refractivity contribution in [3.8, 4) is 0 Å². The first-order valence-electron chi connectivity index (χ1n) is 11.4. The van der Waals surface area contributed by atoms with E-state index in [0.29, 0.717) is 63.7 Å². The fourth-order valence-electron chi connectivity index (χ4n) is 4.34. The molecule has 35 heavy (non-hydrogen) atoms. The molecule has 182 valence electrons. The SMILES string of the molecule is O=C(Nc1ccc(F)c(Cl)c1)N1CCc2nc(Cc3cccc(F)c3)nc(N3CCOCC3)c2C1. The molecule has 7 nitrogen and oxygen atoms in total. The van der Waals surface area contributed by atoms with E-state index in [2.05, 4.69) is 10.2 Å². The Kier molecular flexibility index (Phi) is 6.79. The molecule has 2 aliphatic rings. The zero-order chi connectivity index (χ0) is 24.4. The molecule has 0 unspecified atom stereocenters. The summed E-state index contributed by atoms with van der Waals surface area (Å²) in [5, 5.41) is 2.73. The van der Waals surface area contributed by atoms with Gasteiger partial charge in [-0.25, -0.2) is 23.5 Å². The highest BCUT2D eigenvalue weighted by Gasteiger charge is 2.28. The smallest absolute Gasteiger partial charge is 0.322 e. The normalized spacial score (nSPS) is 15.6. The van der Waals surface area contributed by atoms with Gasteiger partial charge in [-0.2, -0.15) is 0 Å². The molecule has 0 atom stereocenters. The second kappa shape index (κ2) is 10.1. The van der Waals surface area contributed by atoms with Crippen molar-refractivity contribution in [3.05, 3.63) is 81.8 Å². The Morgan fingerprint density at radius 1 is 1.09 bits per heavy atom. The van der Waals surface area contributed by atoms with Gasteiger partial charge in [0.2, 0.25) is 0 Å². The molecule has 10 heteroatoms. The Balaban J connectivity index is 1.41. The predicted molar refractivity (Wildman–Crippen MR) is 129 cm³/mol. The monoisotopic (exact) mass is 499 g/mol. The van der Waals surface area contributed by atoms with E-state index in [1.54, 1.807) is 11.0 Å². The molecular weight excluding hydrogens is 476 g/mol. The van der Waals surface area contributed by atoms with Crippen molar-refractivity contribution in [1.29, 1.82) is 0 Å². The molecule has 1 aromatic heterocycles. The zero-order valence-electron chi connectivity index (χ0n) is 18.9. The van der Waals surface area contributed by atoms with Gasteiger partial charge < -0.3 is 19.9 Å².